The van der Waals surface area contributed by atoms with Gasteiger partial charge in [-0.05, 0) is 42.2 Å². The van der Waals surface area contributed by atoms with Crippen LogP contribution >= 0.6 is 24.0 Å². The Morgan fingerprint density at radius 1 is 1.26 bits per heavy atom. The molecule has 144 valence electrons. The van der Waals surface area contributed by atoms with E-state index in [1.54, 1.807) is 19.2 Å². The van der Waals surface area contributed by atoms with Gasteiger partial charge in [-0.2, -0.15) is 0 Å². The van der Waals surface area contributed by atoms with Crippen LogP contribution in [0, 0.1) is 11.7 Å². The minimum atomic E-state index is -0.407. The van der Waals surface area contributed by atoms with Crippen LogP contribution in [0.1, 0.15) is 11.1 Å². The Labute approximate surface area is 175 Å². The summed E-state index contributed by atoms with van der Waals surface area (Å²) in [6.45, 7) is 1.22. The molecule has 1 aliphatic rings. The number of nitrogens with two attached hydrogens (primary N) is 1. The van der Waals surface area contributed by atoms with Crippen molar-refractivity contribution in [3.8, 4) is 0 Å². The predicted molar refractivity (Wildman–Crippen MR) is 117 cm³/mol. The molecule has 1 unspecified atom stereocenters. The second-order valence-corrected chi connectivity index (χ2v) is 6.39. The SMILES string of the molecule is CN=C(NCC(Cc1ccc(F)cc1)C(N)=O)N1CCc2ccccc21.I. The van der Waals surface area contributed by atoms with E-state index in [0.29, 0.717) is 13.0 Å². The Bertz CT molecular complexity index is 810. The highest BCUT2D eigenvalue weighted by Gasteiger charge is 2.24. The number of halogens is 2. The van der Waals surface area contributed by atoms with Gasteiger partial charge in [0.2, 0.25) is 5.91 Å². The number of primary amides is 1. The minimum absolute atomic E-state index is 0. The fraction of sp³-hybridized carbons (Fsp3) is 0.300. The number of amides is 1. The third-order valence-electron chi connectivity index (χ3n) is 4.66. The van der Waals surface area contributed by atoms with E-state index in [4.69, 9.17) is 5.73 Å². The second-order valence-electron chi connectivity index (χ2n) is 6.39. The van der Waals surface area contributed by atoms with E-state index >= 15 is 0 Å². The Morgan fingerprint density at radius 3 is 2.63 bits per heavy atom. The summed E-state index contributed by atoms with van der Waals surface area (Å²) >= 11 is 0. The zero-order valence-electron chi connectivity index (χ0n) is 15.2. The fourth-order valence-corrected chi connectivity index (χ4v) is 3.25. The number of hydrogen-bond donors (Lipinski definition) is 2. The Kier molecular flexibility index (Phi) is 7.58. The van der Waals surface area contributed by atoms with E-state index in [9.17, 15) is 9.18 Å². The van der Waals surface area contributed by atoms with Crippen molar-refractivity contribution in [2.45, 2.75) is 12.8 Å². The van der Waals surface area contributed by atoms with Gasteiger partial charge in [0, 0.05) is 25.8 Å². The van der Waals surface area contributed by atoms with E-state index < -0.39 is 5.92 Å². The molecule has 0 aliphatic carbocycles. The van der Waals surface area contributed by atoms with Crippen molar-refractivity contribution in [2.75, 3.05) is 25.0 Å². The van der Waals surface area contributed by atoms with Crippen molar-refractivity contribution >= 4 is 41.5 Å². The molecule has 3 rings (SSSR count). The quantitative estimate of drug-likeness (QED) is 0.391. The summed E-state index contributed by atoms with van der Waals surface area (Å²) in [4.78, 5) is 18.3. The minimum Gasteiger partial charge on any atom is -0.369 e. The Morgan fingerprint density at radius 2 is 1.96 bits per heavy atom. The molecule has 27 heavy (non-hydrogen) atoms. The van der Waals surface area contributed by atoms with Crippen LogP contribution in [0.3, 0.4) is 0 Å². The van der Waals surface area contributed by atoms with Crippen molar-refractivity contribution in [1.82, 2.24) is 5.32 Å². The fourth-order valence-electron chi connectivity index (χ4n) is 3.25. The van der Waals surface area contributed by atoms with Gasteiger partial charge in [0.15, 0.2) is 5.96 Å². The van der Waals surface area contributed by atoms with E-state index in [1.165, 1.54) is 17.7 Å². The van der Waals surface area contributed by atoms with Gasteiger partial charge in [0.1, 0.15) is 5.82 Å². The third-order valence-corrected chi connectivity index (χ3v) is 4.66. The molecule has 2 aromatic carbocycles. The van der Waals surface area contributed by atoms with Gasteiger partial charge in [-0.3, -0.25) is 9.79 Å². The number of benzene rings is 2. The number of hydrogen-bond acceptors (Lipinski definition) is 2. The maximum absolute atomic E-state index is 13.1. The van der Waals surface area contributed by atoms with Gasteiger partial charge >= 0.3 is 0 Å². The average molecular weight is 482 g/mol. The van der Waals surface area contributed by atoms with E-state index in [1.807, 2.05) is 12.1 Å². The number of guanidine groups is 1. The second kappa shape index (κ2) is 9.68. The van der Waals surface area contributed by atoms with Crippen molar-refractivity contribution in [2.24, 2.45) is 16.6 Å². The summed E-state index contributed by atoms with van der Waals surface area (Å²) in [6, 6.07) is 14.4. The molecule has 1 aliphatic heterocycles. The van der Waals surface area contributed by atoms with Gasteiger partial charge in [-0.1, -0.05) is 30.3 Å². The van der Waals surface area contributed by atoms with Gasteiger partial charge < -0.3 is 16.0 Å². The summed E-state index contributed by atoms with van der Waals surface area (Å²) in [5.41, 5.74) is 8.86. The van der Waals surface area contributed by atoms with Crippen LogP contribution < -0.4 is 16.0 Å². The van der Waals surface area contributed by atoms with Crippen LogP contribution in [0.25, 0.3) is 0 Å². The monoisotopic (exact) mass is 482 g/mol. The van der Waals surface area contributed by atoms with Crippen LogP contribution in [0.2, 0.25) is 0 Å². The lowest BCUT2D eigenvalue weighted by Crippen LogP contribution is -2.45. The van der Waals surface area contributed by atoms with Gasteiger partial charge in [-0.15, -0.1) is 24.0 Å². The van der Waals surface area contributed by atoms with Crippen LogP contribution in [0.4, 0.5) is 10.1 Å². The van der Waals surface area contributed by atoms with Gasteiger partial charge in [-0.25, -0.2) is 4.39 Å². The first-order valence-corrected chi connectivity index (χ1v) is 8.68. The number of nitrogens with zero attached hydrogens (tertiary/aromatic N) is 2. The number of anilines is 1. The number of fused-ring (bicyclic) bond motifs is 1. The predicted octanol–water partition coefficient (Wildman–Crippen LogP) is 2.73. The third kappa shape index (κ3) is 5.18. The summed E-state index contributed by atoms with van der Waals surface area (Å²) < 4.78 is 13.1. The molecule has 2 aromatic rings. The van der Waals surface area contributed by atoms with E-state index in [2.05, 4.69) is 27.3 Å². The number of rotatable bonds is 5. The van der Waals surface area contributed by atoms with Crippen molar-refractivity contribution < 1.29 is 9.18 Å². The highest BCUT2D eigenvalue weighted by Crippen LogP contribution is 2.27. The molecule has 0 aromatic heterocycles. The van der Waals surface area contributed by atoms with Crippen molar-refractivity contribution in [3.63, 3.8) is 0 Å². The molecule has 0 saturated heterocycles. The molecule has 0 spiro atoms. The summed E-state index contributed by atoms with van der Waals surface area (Å²) in [7, 11) is 1.72. The van der Waals surface area contributed by atoms with Crippen molar-refractivity contribution in [1.29, 1.82) is 0 Å². The van der Waals surface area contributed by atoms with Gasteiger partial charge in [0.25, 0.3) is 0 Å². The number of carbonyl (C=O) groups excluding carboxylic acids is 1. The molecular weight excluding hydrogens is 458 g/mol. The molecular formula is C20H24FIN4O. The summed E-state index contributed by atoms with van der Waals surface area (Å²) in [5.74, 6) is -0.370. The highest BCUT2D eigenvalue weighted by molar-refractivity contribution is 14.0. The first kappa shape index (κ1) is 21.1. The van der Waals surface area contributed by atoms with Crippen molar-refractivity contribution in [3.05, 3.63) is 65.5 Å². The average Bonchev–Trinajstić information content (AvgIpc) is 3.07. The first-order chi connectivity index (χ1) is 12.6. The molecule has 1 atom stereocenters. The molecule has 3 N–H and O–H groups in total. The summed E-state index contributed by atoms with van der Waals surface area (Å²) in [5, 5.41) is 3.27. The largest absolute Gasteiger partial charge is 0.369 e. The molecule has 5 nitrogen and oxygen atoms in total. The maximum Gasteiger partial charge on any atom is 0.222 e. The molecule has 1 heterocycles. The van der Waals surface area contributed by atoms with Crippen LogP contribution in [-0.4, -0.2) is 32.0 Å². The Hall–Kier alpha value is -2.16. The first-order valence-electron chi connectivity index (χ1n) is 8.68. The normalized spacial score (nSPS) is 14.3. The standard InChI is InChI=1S/C20H23FN4O.HI/c1-23-20(25-11-10-15-4-2-3-5-18(15)25)24-13-16(19(22)26)12-14-6-8-17(21)9-7-14;/h2-9,16H,10-13H2,1H3,(H2,22,26)(H,23,24);1H. The molecule has 0 fully saturated rings. The van der Waals surface area contributed by atoms with Gasteiger partial charge in [0.05, 0.1) is 5.92 Å². The zero-order chi connectivity index (χ0) is 18.5. The topological polar surface area (TPSA) is 70.7 Å². The van der Waals surface area contributed by atoms with E-state index in [-0.39, 0.29) is 35.7 Å². The molecule has 1 amide bonds. The lowest BCUT2D eigenvalue weighted by molar-refractivity contribution is -0.121. The molecule has 0 radical (unpaired) electrons. The van der Waals surface area contributed by atoms with Crippen LogP contribution in [-0.2, 0) is 17.6 Å². The molecule has 0 bridgehead atoms. The smallest absolute Gasteiger partial charge is 0.222 e. The zero-order valence-corrected chi connectivity index (χ0v) is 17.5. The van der Waals surface area contributed by atoms with E-state index in [0.717, 1.165) is 30.2 Å². The van der Waals surface area contributed by atoms with Crippen LogP contribution in [0.5, 0.6) is 0 Å². The number of carbonyl (C=O) groups is 1. The molecule has 7 heteroatoms. The number of nitrogens with one attached hydrogen (secondary N) is 1. The highest BCUT2D eigenvalue weighted by atomic mass is 127. The molecule has 0 saturated carbocycles. The Balaban J connectivity index is 0.00000261. The maximum atomic E-state index is 13.1. The number of para-hydroxylation sites is 1. The lowest BCUT2D eigenvalue weighted by atomic mass is 9.98. The number of aliphatic imine (C=N–C) groups is 1. The summed E-state index contributed by atoms with van der Waals surface area (Å²) in [6.07, 6.45) is 1.42. The van der Waals surface area contributed by atoms with Crippen LogP contribution in [0.15, 0.2) is 53.5 Å². The lowest BCUT2D eigenvalue weighted by Gasteiger charge is -2.24.